The van der Waals surface area contributed by atoms with Gasteiger partial charge >= 0.3 is 0 Å². The molecule has 0 aliphatic rings. The maximum atomic E-state index is 5.64. The van der Waals surface area contributed by atoms with Crippen LogP contribution in [0.15, 0.2) is 30.3 Å². The Labute approximate surface area is 99.8 Å². The van der Waals surface area contributed by atoms with Gasteiger partial charge in [-0.2, -0.15) is 0 Å². The van der Waals surface area contributed by atoms with Crippen LogP contribution < -0.4 is 0 Å². The first kappa shape index (κ1) is 13.2. The van der Waals surface area contributed by atoms with Crippen molar-refractivity contribution in [3.63, 3.8) is 0 Å². The molecule has 16 heavy (non-hydrogen) atoms. The third-order valence-electron chi connectivity index (χ3n) is 2.78. The van der Waals surface area contributed by atoms with Gasteiger partial charge in [-0.25, -0.2) is 0 Å². The molecule has 1 aromatic carbocycles. The van der Waals surface area contributed by atoms with Crippen molar-refractivity contribution in [3.05, 3.63) is 35.9 Å². The van der Waals surface area contributed by atoms with Crippen molar-refractivity contribution in [1.29, 1.82) is 0 Å². The van der Waals surface area contributed by atoms with Gasteiger partial charge in [0.25, 0.3) is 0 Å². The van der Waals surface area contributed by atoms with Gasteiger partial charge in [-0.05, 0) is 38.2 Å². The molecular weight excluding hydrogens is 196 g/mol. The van der Waals surface area contributed by atoms with Crippen molar-refractivity contribution >= 4 is 0 Å². The average molecular weight is 220 g/mol. The molecule has 1 heteroatoms. The summed E-state index contributed by atoms with van der Waals surface area (Å²) in [5.41, 5.74) is 1.45. The fourth-order valence-electron chi connectivity index (χ4n) is 1.81. The van der Waals surface area contributed by atoms with Crippen LogP contribution in [0.2, 0.25) is 0 Å². The lowest BCUT2D eigenvalue weighted by molar-refractivity contribution is 0.0591. The topological polar surface area (TPSA) is 9.23 Å². The molecule has 1 atom stereocenters. The lowest BCUT2D eigenvalue weighted by Crippen LogP contribution is -2.08. The van der Waals surface area contributed by atoms with Crippen molar-refractivity contribution in [1.82, 2.24) is 0 Å². The number of aryl methyl sites for hydroxylation is 1. The van der Waals surface area contributed by atoms with Gasteiger partial charge in [0.05, 0.1) is 6.10 Å². The van der Waals surface area contributed by atoms with E-state index in [2.05, 4.69) is 44.2 Å². The number of hydrogen-bond donors (Lipinski definition) is 0. The van der Waals surface area contributed by atoms with E-state index in [1.807, 2.05) is 0 Å². The van der Waals surface area contributed by atoms with Crippen molar-refractivity contribution in [2.24, 2.45) is 0 Å². The molecule has 0 N–H and O–H groups in total. The summed E-state index contributed by atoms with van der Waals surface area (Å²) in [6, 6.07) is 10.7. The van der Waals surface area contributed by atoms with Gasteiger partial charge in [-0.15, -0.1) is 0 Å². The molecule has 1 rings (SSSR count). The Morgan fingerprint density at radius 1 is 1.12 bits per heavy atom. The minimum Gasteiger partial charge on any atom is -0.379 e. The lowest BCUT2D eigenvalue weighted by Gasteiger charge is -2.11. The molecule has 0 aromatic heterocycles. The maximum absolute atomic E-state index is 5.64. The van der Waals surface area contributed by atoms with Crippen LogP contribution in [0.4, 0.5) is 0 Å². The number of benzene rings is 1. The standard InChI is InChI=1S/C15H24O/c1-3-13-16-14(2)9-7-8-12-15-10-5-4-6-11-15/h4-6,10-11,14H,3,7-9,12-13H2,1-2H3. The highest BCUT2D eigenvalue weighted by Crippen LogP contribution is 2.09. The van der Waals surface area contributed by atoms with E-state index in [0.717, 1.165) is 13.0 Å². The van der Waals surface area contributed by atoms with E-state index in [-0.39, 0.29) is 0 Å². The van der Waals surface area contributed by atoms with Gasteiger partial charge in [-0.3, -0.25) is 0 Å². The predicted molar refractivity (Wildman–Crippen MR) is 69.7 cm³/mol. The van der Waals surface area contributed by atoms with E-state index in [9.17, 15) is 0 Å². The molecule has 0 aliphatic carbocycles. The van der Waals surface area contributed by atoms with Crippen LogP contribution in [0, 0.1) is 0 Å². The van der Waals surface area contributed by atoms with Crippen LogP contribution in [0.3, 0.4) is 0 Å². The van der Waals surface area contributed by atoms with Crippen LogP contribution >= 0.6 is 0 Å². The molecule has 0 radical (unpaired) electrons. The van der Waals surface area contributed by atoms with E-state index >= 15 is 0 Å². The number of rotatable bonds is 8. The zero-order chi connectivity index (χ0) is 11.6. The summed E-state index contributed by atoms with van der Waals surface area (Å²) in [6.07, 6.45) is 6.46. The molecule has 0 bridgehead atoms. The lowest BCUT2D eigenvalue weighted by atomic mass is 10.1. The summed E-state index contributed by atoms with van der Waals surface area (Å²) in [5.74, 6) is 0. The van der Waals surface area contributed by atoms with Crippen LogP contribution in [-0.4, -0.2) is 12.7 Å². The predicted octanol–water partition coefficient (Wildman–Crippen LogP) is 4.21. The molecule has 1 aromatic rings. The highest BCUT2D eigenvalue weighted by molar-refractivity contribution is 5.14. The van der Waals surface area contributed by atoms with E-state index < -0.39 is 0 Å². The SMILES string of the molecule is CCCOC(C)CCCCc1ccccc1. The third kappa shape index (κ3) is 5.92. The summed E-state index contributed by atoms with van der Waals surface area (Å²) in [7, 11) is 0. The molecule has 90 valence electrons. The maximum Gasteiger partial charge on any atom is 0.0547 e. The number of ether oxygens (including phenoxy) is 1. The minimum atomic E-state index is 0.427. The van der Waals surface area contributed by atoms with Gasteiger partial charge in [0.1, 0.15) is 0 Å². The molecule has 0 amide bonds. The summed E-state index contributed by atoms with van der Waals surface area (Å²) in [6.45, 7) is 5.24. The highest BCUT2D eigenvalue weighted by Gasteiger charge is 2.01. The molecule has 0 fully saturated rings. The average Bonchev–Trinajstić information content (AvgIpc) is 2.33. The summed E-state index contributed by atoms with van der Waals surface area (Å²) < 4.78 is 5.64. The molecule has 0 aliphatic heterocycles. The third-order valence-corrected chi connectivity index (χ3v) is 2.78. The Hall–Kier alpha value is -0.820. The van der Waals surface area contributed by atoms with Gasteiger partial charge in [0, 0.05) is 6.61 Å². The second-order valence-electron chi connectivity index (χ2n) is 4.41. The highest BCUT2D eigenvalue weighted by atomic mass is 16.5. The van der Waals surface area contributed by atoms with Gasteiger partial charge in [-0.1, -0.05) is 43.7 Å². The fourth-order valence-corrected chi connectivity index (χ4v) is 1.81. The Balaban J connectivity index is 2.03. The van der Waals surface area contributed by atoms with Crippen molar-refractivity contribution in [3.8, 4) is 0 Å². The Kier molecular flexibility index (Phi) is 6.91. The first-order valence-electron chi connectivity index (χ1n) is 6.48. The fraction of sp³-hybridized carbons (Fsp3) is 0.600. The summed E-state index contributed by atoms with van der Waals surface area (Å²) in [5, 5.41) is 0. The molecule has 1 unspecified atom stereocenters. The molecule has 0 heterocycles. The van der Waals surface area contributed by atoms with E-state index in [1.165, 1.54) is 31.2 Å². The molecule has 1 nitrogen and oxygen atoms in total. The second kappa shape index (κ2) is 8.35. The summed E-state index contributed by atoms with van der Waals surface area (Å²) in [4.78, 5) is 0. The van der Waals surface area contributed by atoms with Crippen LogP contribution in [-0.2, 0) is 11.2 Å². The second-order valence-corrected chi connectivity index (χ2v) is 4.41. The summed E-state index contributed by atoms with van der Waals surface area (Å²) >= 11 is 0. The Bertz CT molecular complexity index is 255. The van der Waals surface area contributed by atoms with E-state index in [0.29, 0.717) is 6.10 Å². The largest absolute Gasteiger partial charge is 0.379 e. The number of unbranched alkanes of at least 4 members (excludes halogenated alkanes) is 1. The zero-order valence-corrected chi connectivity index (χ0v) is 10.6. The van der Waals surface area contributed by atoms with Crippen LogP contribution in [0.5, 0.6) is 0 Å². The Morgan fingerprint density at radius 2 is 1.88 bits per heavy atom. The van der Waals surface area contributed by atoms with Crippen molar-refractivity contribution in [2.45, 2.75) is 52.1 Å². The molecule has 0 saturated carbocycles. The zero-order valence-electron chi connectivity index (χ0n) is 10.6. The van der Waals surface area contributed by atoms with E-state index in [4.69, 9.17) is 4.74 Å². The first-order chi connectivity index (χ1) is 7.83. The van der Waals surface area contributed by atoms with Crippen molar-refractivity contribution < 1.29 is 4.74 Å². The van der Waals surface area contributed by atoms with Crippen molar-refractivity contribution in [2.75, 3.05) is 6.61 Å². The minimum absolute atomic E-state index is 0.427. The molecule has 0 saturated heterocycles. The van der Waals surface area contributed by atoms with Crippen LogP contribution in [0.25, 0.3) is 0 Å². The quantitative estimate of drug-likeness (QED) is 0.596. The Morgan fingerprint density at radius 3 is 2.56 bits per heavy atom. The monoisotopic (exact) mass is 220 g/mol. The van der Waals surface area contributed by atoms with E-state index in [1.54, 1.807) is 0 Å². The number of hydrogen-bond acceptors (Lipinski definition) is 1. The van der Waals surface area contributed by atoms with Gasteiger partial charge in [0.15, 0.2) is 0 Å². The van der Waals surface area contributed by atoms with Gasteiger partial charge in [0.2, 0.25) is 0 Å². The first-order valence-corrected chi connectivity index (χ1v) is 6.48. The van der Waals surface area contributed by atoms with Gasteiger partial charge < -0.3 is 4.74 Å². The normalized spacial score (nSPS) is 12.6. The molecule has 0 spiro atoms. The smallest absolute Gasteiger partial charge is 0.0547 e. The molecular formula is C15H24O. The van der Waals surface area contributed by atoms with Crippen LogP contribution in [0.1, 0.15) is 45.1 Å².